The predicted octanol–water partition coefficient (Wildman–Crippen LogP) is 2.10. The second kappa shape index (κ2) is 9.67. The first-order chi connectivity index (χ1) is 15.5. The molecule has 3 aliphatic rings. The summed E-state index contributed by atoms with van der Waals surface area (Å²) in [5, 5.41) is 6.18. The van der Waals surface area contributed by atoms with Crippen LogP contribution in [0.1, 0.15) is 19.8 Å². The van der Waals surface area contributed by atoms with E-state index in [-0.39, 0.29) is 47.8 Å². The standard InChI is InChI=1S/C23H28F2N4O3/c1-2-26-23(28-9-11-32-18-7-6-16(24)13-17(18)25)27-8-3-10-29-21(30)19-14-4-5-15(12-14)20(19)22(29)31/h4-7,13-15,19-20H,2-3,8-12H2,1H3,(H2,26,27,28). The summed E-state index contributed by atoms with van der Waals surface area (Å²) >= 11 is 0. The molecule has 2 fully saturated rings. The minimum absolute atomic E-state index is 0.0107. The molecule has 4 unspecified atom stereocenters. The average molecular weight is 446 g/mol. The van der Waals surface area contributed by atoms with Gasteiger partial charge in [-0.3, -0.25) is 19.5 Å². The fourth-order valence-electron chi connectivity index (χ4n) is 4.87. The van der Waals surface area contributed by atoms with Gasteiger partial charge in [-0.1, -0.05) is 12.2 Å². The quantitative estimate of drug-likeness (QED) is 0.200. The van der Waals surface area contributed by atoms with E-state index < -0.39 is 11.6 Å². The summed E-state index contributed by atoms with van der Waals surface area (Å²) in [7, 11) is 0. The second-order valence-corrected chi connectivity index (χ2v) is 8.29. The molecule has 2 amide bonds. The SMILES string of the molecule is CCNC(=NCCCN1C(=O)C2C3C=CC(C3)C2C1=O)NCCOc1ccc(F)cc1F. The number of fused-ring (bicyclic) bond motifs is 5. The molecule has 9 heteroatoms. The Hall–Kier alpha value is -2.97. The van der Waals surface area contributed by atoms with Crippen LogP contribution in [0.15, 0.2) is 35.3 Å². The number of carbonyl (C=O) groups is 2. The summed E-state index contributed by atoms with van der Waals surface area (Å²) in [5.74, 6) is -0.788. The first-order valence-electron chi connectivity index (χ1n) is 11.1. The number of hydrogen-bond donors (Lipinski definition) is 2. The van der Waals surface area contributed by atoms with E-state index in [0.29, 0.717) is 38.6 Å². The van der Waals surface area contributed by atoms with Gasteiger partial charge < -0.3 is 15.4 Å². The summed E-state index contributed by atoms with van der Waals surface area (Å²) in [6, 6.07) is 3.17. The fourth-order valence-corrected chi connectivity index (χ4v) is 4.87. The van der Waals surface area contributed by atoms with Crippen LogP contribution in [-0.2, 0) is 9.59 Å². The Morgan fingerprint density at radius 3 is 2.53 bits per heavy atom. The monoisotopic (exact) mass is 446 g/mol. The highest BCUT2D eigenvalue weighted by Crippen LogP contribution is 2.52. The van der Waals surface area contributed by atoms with Crippen molar-refractivity contribution < 1.29 is 23.1 Å². The Morgan fingerprint density at radius 2 is 1.88 bits per heavy atom. The number of guanidine groups is 1. The number of aliphatic imine (C=N–C) groups is 1. The molecule has 4 rings (SSSR count). The second-order valence-electron chi connectivity index (χ2n) is 8.29. The zero-order chi connectivity index (χ0) is 22.7. The summed E-state index contributed by atoms with van der Waals surface area (Å²) in [6.45, 7) is 3.94. The number of halogens is 2. The Balaban J connectivity index is 1.21. The van der Waals surface area contributed by atoms with Gasteiger partial charge in [0, 0.05) is 25.7 Å². The minimum atomic E-state index is -0.746. The van der Waals surface area contributed by atoms with E-state index in [4.69, 9.17) is 4.74 Å². The highest BCUT2D eigenvalue weighted by atomic mass is 19.1. The van der Waals surface area contributed by atoms with Crippen molar-refractivity contribution in [3.8, 4) is 5.75 Å². The highest BCUT2D eigenvalue weighted by Gasteiger charge is 2.58. The Morgan fingerprint density at radius 1 is 1.16 bits per heavy atom. The number of likely N-dealkylation sites (tertiary alicyclic amines) is 1. The molecule has 2 N–H and O–H groups in total. The van der Waals surface area contributed by atoms with Crippen LogP contribution >= 0.6 is 0 Å². The topological polar surface area (TPSA) is 83.0 Å². The van der Waals surface area contributed by atoms with Crippen molar-refractivity contribution in [1.82, 2.24) is 15.5 Å². The summed E-state index contributed by atoms with van der Waals surface area (Å²) in [5.41, 5.74) is 0. The molecule has 2 aliphatic carbocycles. The summed E-state index contributed by atoms with van der Waals surface area (Å²) < 4.78 is 31.8. The number of imide groups is 1. The average Bonchev–Trinajstić information content (AvgIpc) is 3.44. The number of hydrogen-bond acceptors (Lipinski definition) is 4. The molecule has 1 aromatic rings. The molecule has 7 nitrogen and oxygen atoms in total. The van der Waals surface area contributed by atoms with E-state index in [0.717, 1.165) is 18.6 Å². The zero-order valence-electron chi connectivity index (χ0n) is 18.0. The lowest BCUT2D eigenvalue weighted by molar-refractivity contribution is -0.140. The number of rotatable bonds is 9. The van der Waals surface area contributed by atoms with Gasteiger partial charge in [-0.05, 0) is 43.7 Å². The van der Waals surface area contributed by atoms with Crippen LogP contribution in [0.2, 0.25) is 0 Å². The Labute approximate surface area is 185 Å². The van der Waals surface area contributed by atoms with E-state index >= 15 is 0 Å². The van der Waals surface area contributed by atoms with Crippen molar-refractivity contribution in [3.63, 3.8) is 0 Å². The van der Waals surface area contributed by atoms with Gasteiger partial charge >= 0.3 is 0 Å². The number of benzene rings is 1. The lowest BCUT2D eigenvalue weighted by Crippen LogP contribution is -2.39. The lowest BCUT2D eigenvalue weighted by atomic mass is 9.85. The number of allylic oxidation sites excluding steroid dienone is 2. The molecule has 0 radical (unpaired) electrons. The normalized spacial score (nSPS) is 26.1. The Bertz CT molecular complexity index is 906. The molecule has 2 bridgehead atoms. The van der Waals surface area contributed by atoms with Gasteiger partial charge in [-0.15, -0.1) is 0 Å². The van der Waals surface area contributed by atoms with Crippen LogP contribution in [0.25, 0.3) is 0 Å². The molecule has 32 heavy (non-hydrogen) atoms. The van der Waals surface area contributed by atoms with E-state index in [2.05, 4.69) is 27.8 Å². The van der Waals surface area contributed by atoms with Crippen molar-refractivity contribution in [2.75, 3.05) is 32.8 Å². The van der Waals surface area contributed by atoms with Crippen molar-refractivity contribution in [1.29, 1.82) is 0 Å². The Kier molecular flexibility index (Phi) is 6.72. The lowest BCUT2D eigenvalue weighted by Gasteiger charge is -2.17. The third-order valence-corrected chi connectivity index (χ3v) is 6.26. The van der Waals surface area contributed by atoms with Crippen molar-refractivity contribution in [2.45, 2.75) is 19.8 Å². The van der Waals surface area contributed by atoms with Gasteiger partial charge in [0.2, 0.25) is 11.8 Å². The van der Waals surface area contributed by atoms with E-state index in [9.17, 15) is 18.4 Å². The maximum atomic E-state index is 13.6. The molecule has 1 heterocycles. The molecule has 1 saturated heterocycles. The molecule has 4 atom stereocenters. The smallest absolute Gasteiger partial charge is 0.233 e. The molecule has 0 spiro atoms. The van der Waals surface area contributed by atoms with E-state index in [1.165, 1.54) is 11.0 Å². The van der Waals surface area contributed by atoms with Gasteiger partial charge in [0.15, 0.2) is 17.5 Å². The maximum absolute atomic E-state index is 13.6. The largest absolute Gasteiger partial charge is 0.489 e. The van der Waals surface area contributed by atoms with Crippen LogP contribution in [-0.4, -0.2) is 55.5 Å². The van der Waals surface area contributed by atoms with Gasteiger partial charge in [-0.2, -0.15) is 0 Å². The first kappa shape index (κ1) is 22.2. The molecule has 172 valence electrons. The van der Waals surface area contributed by atoms with Gasteiger partial charge in [0.1, 0.15) is 12.4 Å². The van der Waals surface area contributed by atoms with Crippen molar-refractivity contribution in [2.24, 2.45) is 28.7 Å². The number of nitrogens with one attached hydrogen (secondary N) is 2. The molecule has 1 aliphatic heterocycles. The fraction of sp³-hybridized carbons (Fsp3) is 0.522. The summed E-state index contributed by atoms with van der Waals surface area (Å²) in [6.07, 6.45) is 5.69. The predicted molar refractivity (Wildman–Crippen MR) is 115 cm³/mol. The number of amides is 2. The minimum Gasteiger partial charge on any atom is -0.489 e. The number of ether oxygens (including phenoxy) is 1. The number of nitrogens with zero attached hydrogens (tertiary/aromatic N) is 2. The first-order valence-corrected chi connectivity index (χ1v) is 11.1. The third kappa shape index (κ3) is 4.47. The third-order valence-electron chi connectivity index (χ3n) is 6.26. The van der Waals surface area contributed by atoms with Gasteiger partial charge in [0.25, 0.3) is 0 Å². The van der Waals surface area contributed by atoms with E-state index in [1.54, 1.807) is 0 Å². The summed E-state index contributed by atoms with van der Waals surface area (Å²) in [4.78, 5) is 31.3. The molecular formula is C23H28F2N4O3. The van der Waals surface area contributed by atoms with Crippen LogP contribution in [0.4, 0.5) is 8.78 Å². The molecule has 1 saturated carbocycles. The number of carbonyl (C=O) groups excluding carboxylic acids is 2. The van der Waals surface area contributed by atoms with Gasteiger partial charge in [-0.25, -0.2) is 8.78 Å². The molecular weight excluding hydrogens is 418 g/mol. The zero-order valence-corrected chi connectivity index (χ0v) is 18.0. The molecule has 0 aromatic heterocycles. The van der Waals surface area contributed by atoms with Crippen molar-refractivity contribution >= 4 is 17.8 Å². The highest BCUT2D eigenvalue weighted by molar-refractivity contribution is 6.06. The van der Waals surface area contributed by atoms with Crippen LogP contribution < -0.4 is 15.4 Å². The van der Waals surface area contributed by atoms with E-state index in [1.807, 2.05) is 6.92 Å². The molecule has 1 aromatic carbocycles. The van der Waals surface area contributed by atoms with Gasteiger partial charge in [0.05, 0.1) is 18.4 Å². The van der Waals surface area contributed by atoms with Crippen molar-refractivity contribution in [3.05, 3.63) is 42.0 Å². The maximum Gasteiger partial charge on any atom is 0.233 e. The van der Waals surface area contributed by atoms with Crippen LogP contribution in [0.5, 0.6) is 5.75 Å². The van der Waals surface area contributed by atoms with Crippen LogP contribution in [0, 0.1) is 35.3 Å². The van der Waals surface area contributed by atoms with Crippen LogP contribution in [0.3, 0.4) is 0 Å².